The molecule has 0 bridgehead atoms. The maximum Gasteiger partial charge on any atom is 0.338 e. The number of carbonyl (C=O) groups is 3. The van der Waals surface area contributed by atoms with Gasteiger partial charge in [-0.05, 0) is 38.0 Å². The molecule has 4 aromatic rings. The average Bonchev–Trinajstić information content (AvgIpc) is 3.89. The SMILES string of the molecule is COC(=O)C1=C(CN2CCN3C(=O)N(c4nc(-c5ccc(CC(C)(C)C(=O)O)cc5)cs4)C[C@@H]3C2)NC(c2nccs2)=N[C@H]1c1ccc(F)cc1Cl. The number of nitrogens with one attached hydrogen (secondary N) is 1. The molecule has 2 aromatic heterocycles. The molecule has 0 saturated carbocycles. The molecule has 2 N–H and O–H groups in total. The van der Waals surface area contributed by atoms with Crippen LogP contribution in [0.5, 0.6) is 0 Å². The predicted octanol–water partition coefficient (Wildman–Crippen LogP) is 5.86. The summed E-state index contributed by atoms with van der Waals surface area (Å²) in [6, 6.07) is 10.6. The Labute approximate surface area is 312 Å². The fourth-order valence-electron chi connectivity index (χ4n) is 6.67. The number of rotatable bonds is 10. The van der Waals surface area contributed by atoms with Gasteiger partial charge < -0.3 is 20.1 Å². The molecule has 2 atom stereocenters. The summed E-state index contributed by atoms with van der Waals surface area (Å²) in [6.07, 6.45) is 2.07. The molecule has 0 radical (unpaired) electrons. The van der Waals surface area contributed by atoms with E-state index in [1.807, 2.05) is 39.9 Å². The van der Waals surface area contributed by atoms with Crippen molar-refractivity contribution in [1.82, 2.24) is 25.1 Å². The molecule has 2 aromatic carbocycles. The van der Waals surface area contributed by atoms with Gasteiger partial charge in [0.25, 0.3) is 0 Å². The summed E-state index contributed by atoms with van der Waals surface area (Å²) >= 11 is 9.29. The number of nitrogens with zero attached hydrogens (tertiary/aromatic N) is 6. The molecule has 270 valence electrons. The summed E-state index contributed by atoms with van der Waals surface area (Å²) in [7, 11) is 1.30. The number of carboxylic acids is 1. The number of anilines is 1. The van der Waals surface area contributed by atoms with Crippen molar-refractivity contribution in [3.8, 4) is 11.3 Å². The predicted molar refractivity (Wildman–Crippen MR) is 197 cm³/mol. The van der Waals surface area contributed by atoms with E-state index in [1.54, 1.807) is 24.9 Å². The van der Waals surface area contributed by atoms with Crippen LogP contribution in [-0.4, -0.2) is 94.6 Å². The highest BCUT2D eigenvalue weighted by molar-refractivity contribution is 7.14. The van der Waals surface area contributed by atoms with Crippen molar-refractivity contribution in [1.29, 1.82) is 0 Å². The van der Waals surface area contributed by atoms with Crippen LogP contribution in [0.25, 0.3) is 11.3 Å². The van der Waals surface area contributed by atoms with Crippen LogP contribution in [0.3, 0.4) is 0 Å². The molecule has 0 spiro atoms. The number of ether oxygens (including phenoxy) is 1. The first-order valence-electron chi connectivity index (χ1n) is 16.5. The molecule has 16 heteroatoms. The van der Waals surface area contributed by atoms with Crippen LogP contribution in [0.2, 0.25) is 5.02 Å². The fourth-order valence-corrected chi connectivity index (χ4v) is 8.36. The number of urea groups is 1. The zero-order chi connectivity index (χ0) is 36.7. The Hall–Kier alpha value is -4.70. The number of carboxylic acid groups (broad SMARTS) is 1. The summed E-state index contributed by atoms with van der Waals surface area (Å²) in [4.78, 5) is 58.4. The van der Waals surface area contributed by atoms with E-state index in [-0.39, 0.29) is 22.7 Å². The van der Waals surface area contributed by atoms with Gasteiger partial charge in [-0.25, -0.2) is 23.9 Å². The van der Waals surface area contributed by atoms with Gasteiger partial charge in [0.1, 0.15) is 11.9 Å². The van der Waals surface area contributed by atoms with E-state index in [2.05, 4.69) is 15.2 Å². The molecule has 12 nitrogen and oxygen atoms in total. The first-order chi connectivity index (χ1) is 24.9. The van der Waals surface area contributed by atoms with Crippen LogP contribution < -0.4 is 10.2 Å². The summed E-state index contributed by atoms with van der Waals surface area (Å²) in [6.45, 7) is 5.75. The molecule has 2 amide bonds. The molecule has 52 heavy (non-hydrogen) atoms. The Kier molecular flexibility index (Phi) is 9.87. The van der Waals surface area contributed by atoms with Crippen molar-refractivity contribution >= 4 is 63.2 Å². The largest absolute Gasteiger partial charge is 0.481 e. The topological polar surface area (TPSA) is 141 Å². The molecule has 5 heterocycles. The zero-order valence-electron chi connectivity index (χ0n) is 28.5. The maximum atomic E-state index is 14.0. The highest BCUT2D eigenvalue weighted by Crippen LogP contribution is 2.38. The molecule has 2 fully saturated rings. The minimum Gasteiger partial charge on any atom is -0.481 e. The quantitative estimate of drug-likeness (QED) is 0.190. The van der Waals surface area contributed by atoms with E-state index < -0.39 is 29.2 Å². The number of carbonyl (C=O) groups excluding carboxylic acids is 2. The van der Waals surface area contributed by atoms with Crippen LogP contribution in [0.1, 0.15) is 36.0 Å². The second-order valence-electron chi connectivity index (χ2n) is 13.4. The minimum atomic E-state index is -0.875. The fraction of sp³-hybridized carbons (Fsp3) is 0.333. The summed E-state index contributed by atoms with van der Waals surface area (Å²) in [5.74, 6) is -1.48. The number of amidine groups is 1. The van der Waals surface area contributed by atoms with E-state index in [0.717, 1.165) is 16.8 Å². The lowest BCUT2D eigenvalue weighted by atomic mass is 9.86. The normalized spacial score (nSPS) is 19.4. The molecule has 3 aliphatic heterocycles. The van der Waals surface area contributed by atoms with Crippen LogP contribution in [0, 0.1) is 11.2 Å². The Morgan fingerprint density at radius 3 is 2.62 bits per heavy atom. The molecule has 0 unspecified atom stereocenters. The van der Waals surface area contributed by atoms with Gasteiger partial charge in [-0.1, -0.05) is 41.9 Å². The second-order valence-corrected chi connectivity index (χ2v) is 15.6. The van der Waals surface area contributed by atoms with Crippen molar-refractivity contribution in [2.45, 2.75) is 32.4 Å². The number of aliphatic carboxylic acids is 1. The van der Waals surface area contributed by atoms with Gasteiger partial charge in [0.15, 0.2) is 16.0 Å². The number of aromatic nitrogens is 2. The third kappa shape index (κ3) is 7.05. The summed E-state index contributed by atoms with van der Waals surface area (Å²) < 4.78 is 19.3. The van der Waals surface area contributed by atoms with Gasteiger partial charge >= 0.3 is 18.0 Å². The third-order valence-corrected chi connectivity index (χ3v) is 11.4. The van der Waals surface area contributed by atoms with Gasteiger partial charge in [0.05, 0.1) is 36.4 Å². The summed E-state index contributed by atoms with van der Waals surface area (Å²) in [5, 5.41) is 17.9. The molecule has 7 rings (SSSR count). The Bertz CT molecular complexity index is 2090. The smallest absolute Gasteiger partial charge is 0.338 e. The number of benzene rings is 2. The monoisotopic (exact) mass is 763 g/mol. The Balaban J connectivity index is 1.09. The van der Waals surface area contributed by atoms with Gasteiger partial charge in [0, 0.05) is 65.0 Å². The third-order valence-electron chi connectivity index (χ3n) is 9.44. The molecule has 0 aliphatic carbocycles. The highest BCUT2D eigenvalue weighted by Gasteiger charge is 2.43. The number of amides is 2. The molecular weight excluding hydrogens is 729 g/mol. The van der Waals surface area contributed by atoms with Crippen molar-refractivity contribution in [2.24, 2.45) is 10.4 Å². The molecule has 3 aliphatic rings. The van der Waals surface area contributed by atoms with Crippen LogP contribution in [0.15, 0.2) is 75.7 Å². The average molecular weight is 764 g/mol. The standard InChI is InChI=1S/C36H35ClFN7O5S2/c1-36(2,33(47)48)15-20-4-6-21(7-5-20)27-19-52-34(41-27)45-17-23-16-43(11-12-44(23)35(45)49)18-26-28(32(46)50-3)29(24-9-8-22(38)14-25(24)37)42-30(40-26)31-39-10-13-51-31/h4-10,13-14,19,23,29H,11-12,15-18H2,1-3H3,(H,40,42)(H,47,48)/t23-,29-/m0/s1. The Morgan fingerprint density at radius 2 is 1.92 bits per heavy atom. The van der Waals surface area contributed by atoms with E-state index in [4.69, 9.17) is 26.3 Å². The number of methoxy groups -OCH3 is 1. The number of hydrogen-bond donors (Lipinski definition) is 2. The van der Waals surface area contributed by atoms with Crippen molar-refractivity contribution in [3.63, 3.8) is 0 Å². The van der Waals surface area contributed by atoms with E-state index in [9.17, 15) is 23.9 Å². The number of thiazole rings is 2. The molecular formula is C36H35ClFN7O5S2. The minimum absolute atomic E-state index is 0.105. The van der Waals surface area contributed by atoms with Crippen molar-refractivity contribution in [3.05, 3.63) is 97.7 Å². The van der Waals surface area contributed by atoms with Crippen LogP contribution in [0.4, 0.5) is 14.3 Å². The Morgan fingerprint density at radius 1 is 1.13 bits per heavy atom. The second kappa shape index (κ2) is 14.4. The lowest BCUT2D eigenvalue weighted by Gasteiger charge is -2.38. The van der Waals surface area contributed by atoms with Crippen molar-refractivity contribution < 1.29 is 28.6 Å². The lowest BCUT2D eigenvalue weighted by Crippen LogP contribution is -2.53. The first kappa shape index (κ1) is 35.7. The van der Waals surface area contributed by atoms with Crippen molar-refractivity contribution in [2.75, 3.05) is 44.7 Å². The van der Waals surface area contributed by atoms with E-state index >= 15 is 0 Å². The number of aliphatic imine (C=N–C) groups is 1. The maximum absolute atomic E-state index is 14.0. The van der Waals surface area contributed by atoms with Crippen LogP contribution in [-0.2, 0) is 20.7 Å². The number of piperazine rings is 1. The van der Waals surface area contributed by atoms with Crippen LogP contribution >= 0.6 is 34.3 Å². The number of esters is 1. The van der Waals surface area contributed by atoms with E-state index in [0.29, 0.717) is 66.4 Å². The first-order valence-corrected chi connectivity index (χ1v) is 18.7. The molecule has 2 saturated heterocycles. The number of fused-ring (bicyclic) bond motifs is 1. The van der Waals surface area contributed by atoms with Gasteiger partial charge in [0.2, 0.25) is 0 Å². The van der Waals surface area contributed by atoms with Gasteiger partial charge in [-0.15, -0.1) is 22.7 Å². The number of hydrogen-bond acceptors (Lipinski definition) is 11. The van der Waals surface area contributed by atoms with Gasteiger partial charge in [-0.3, -0.25) is 19.6 Å². The zero-order valence-corrected chi connectivity index (χ0v) is 30.9. The number of halogens is 2. The van der Waals surface area contributed by atoms with E-state index in [1.165, 1.54) is 48.0 Å². The summed E-state index contributed by atoms with van der Waals surface area (Å²) in [5.41, 5.74) is 2.94. The highest BCUT2D eigenvalue weighted by atomic mass is 35.5. The van der Waals surface area contributed by atoms with Gasteiger partial charge in [-0.2, -0.15) is 0 Å². The lowest BCUT2D eigenvalue weighted by molar-refractivity contribution is -0.146.